The number of halogens is 3. The van der Waals surface area contributed by atoms with E-state index in [1.807, 2.05) is 13.8 Å². The summed E-state index contributed by atoms with van der Waals surface area (Å²) in [5.41, 5.74) is 1.63. The molecule has 0 aliphatic carbocycles. The molecule has 1 aromatic carbocycles. The quantitative estimate of drug-likeness (QED) is 0.865. The second-order valence-corrected chi connectivity index (χ2v) is 5.32. The molecule has 2 rings (SSSR count). The lowest BCUT2D eigenvalue weighted by Crippen LogP contribution is -2.19. The summed E-state index contributed by atoms with van der Waals surface area (Å²) in [4.78, 5) is 0. The van der Waals surface area contributed by atoms with E-state index in [2.05, 4.69) is 31.6 Å². The fourth-order valence-corrected chi connectivity index (χ4v) is 2.38. The lowest BCUT2D eigenvalue weighted by molar-refractivity contribution is 0.566. The number of aromatic nitrogens is 3. The molecule has 4 nitrogen and oxygen atoms in total. The Morgan fingerprint density at radius 2 is 2.05 bits per heavy atom. The smallest absolute Gasteiger partial charge is 0.151 e. The largest absolute Gasteiger partial charge is 0.309 e. The van der Waals surface area contributed by atoms with E-state index in [-0.39, 0.29) is 16.2 Å². The van der Waals surface area contributed by atoms with E-state index in [0.717, 1.165) is 24.0 Å². The van der Waals surface area contributed by atoms with Crippen molar-refractivity contribution in [2.45, 2.75) is 26.8 Å². The van der Waals surface area contributed by atoms with Crippen molar-refractivity contribution >= 4 is 15.9 Å². The highest BCUT2D eigenvalue weighted by atomic mass is 79.9. The summed E-state index contributed by atoms with van der Waals surface area (Å²) >= 11 is 3.05. The molecular weight excluding hydrogens is 330 g/mol. The van der Waals surface area contributed by atoms with Gasteiger partial charge in [-0.2, -0.15) is 0 Å². The summed E-state index contributed by atoms with van der Waals surface area (Å²) in [6.07, 6.45) is 0. The molecule has 0 amide bonds. The summed E-state index contributed by atoms with van der Waals surface area (Å²) in [7, 11) is 0. The summed E-state index contributed by atoms with van der Waals surface area (Å²) in [6.45, 7) is 6.55. The molecule has 7 heteroatoms. The highest BCUT2D eigenvalue weighted by Crippen LogP contribution is 2.25. The number of nitrogens with zero attached hydrogens (tertiary/aromatic N) is 3. The van der Waals surface area contributed by atoms with Crippen LogP contribution >= 0.6 is 15.9 Å². The Labute approximate surface area is 124 Å². The molecule has 1 unspecified atom stereocenters. The van der Waals surface area contributed by atoms with Crippen LogP contribution in [0.1, 0.15) is 31.3 Å². The van der Waals surface area contributed by atoms with Crippen LogP contribution in [0.25, 0.3) is 5.69 Å². The predicted octanol–water partition coefficient (Wildman–Crippen LogP) is 3.29. The zero-order chi connectivity index (χ0) is 14.9. The molecule has 0 aliphatic rings. The Morgan fingerprint density at radius 1 is 1.35 bits per heavy atom. The van der Waals surface area contributed by atoms with Crippen molar-refractivity contribution in [1.29, 1.82) is 0 Å². The van der Waals surface area contributed by atoms with E-state index in [4.69, 9.17) is 0 Å². The molecule has 0 saturated carbocycles. The van der Waals surface area contributed by atoms with Crippen molar-refractivity contribution in [2.24, 2.45) is 0 Å². The van der Waals surface area contributed by atoms with Gasteiger partial charge in [-0.25, -0.2) is 13.5 Å². The van der Waals surface area contributed by atoms with Crippen LogP contribution in [0.4, 0.5) is 8.78 Å². The van der Waals surface area contributed by atoms with Crippen molar-refractivity contribution in [1.82, 2.24) is 20.3 Å². The molecule has 1 atom stereocenters. The third kappa shape index (κ3) is 2.73. The zero-order valence-corrected chi connectivity index (χ0v) is 13.0. The lowest BCUT2D eigenvalue weighted by atomic mass is 10.2. The highest BCUT2D eigenvalue weighted by Gasteiger charge is 2.18. The fraction of sp³-hybridized carbons (Fsp3) is 0.385. The maximum absolute atomic E-state index is 13.9. The minimum atomic E-state index is -0.679. The van der Waals surface area contributed by atoms with Crippen molar-refractivity contribution in [2.75, 3.05) is 6.54 Å². The van der Waals surface area contributed by atoms with Gasteiger partial charge in [-0.15, -0.1) is 5.10 Å². The van der Waals surface area contributed by atoms with Crippen molar-refractivity contribution in [3.05, 3.63) is 39.6 Å². The van der Waals surface area contributed by atoms with E-state index < -0.39 is 11.6 Å². The van der Waals surface area contributed by atoms with Crippen LogP contribution in [0.5, 0.6) is 0 Å². The molecule has 108 valence electrons. The Morgan fingerprint density at radius 3 is 2.70 bits per heavy atom. The van der Waals surface area contributed by atoms with Crippen LogP contribution in [0.15, 0.2) is 16.6 Å². The number of rotatable bonds is 4. The van der Waals surface area contributed by atoms with Gasteiger partial charge in [0.25, 0.3) is 0 Å². The van der Waals surface area contributed by atoms with Gasteiger partial charge in [0.15, 0.2) is 5.82 Å². The molecule has 0 saturated heterocycles. The monoisotopic (exact) mass is 344 g/mol. The van der Waals surface area contributed by atoms with Crippen LogP contribution in [-0.2, 0) is 0 Å². The van der Waals surface area contributed by atoms with E-state index >= 15 is 0 Å². The molecule has 0 radical (unpaired) electrons. The average molecular weight is 345 g/mol. The van der Waals surface area contributed by atoms with Gasteiger partial charge >= 0.3 is 0 Å². The van der Waals surface area contributed by atoms with Crippen LogP contribution in [-0.4, -0.2) is 21.5 Å². The molecule has 1 heterocycles. The van der Waals surface area contributed by atoms with Gasteiger partial charge in [-0.05, 0) is 42.4 Å². The molecular formula is C13H15BrF2N4. The third-order valence-electron chi connectivity index (χ3n) is 3.07. The van der Waals surface area contributed by atoms with Crippen LogP contribution < -0.4 is 5.32 Å². The van der Waals surface area contributed by atoms with Crippen LogP contribution in [0, 0.1) is 18.6 Å². The van der Waals surface area contributed by atoms with Crippen molar-refractivity contribution < 1.29 is 8.78 Å². The number of hydrogen-bond acceptors (Lipinski definition) is 3. The van der Waals surface area contributed by atoms with Crippen molar-refractivity contribution in [3.8, 4) is 5.69 Å². The molecule has 20 heavy (non-hydrogen) atoms. The maximum Gasteiger partial charge on any atom is 0.151 e. The van der Waals surface area contributed by atoms with Gasteiger partial charge < -0.3 is 5.32 Å². The first-order valence-corrected chi connectivity index (χ1v) is 7.05. The van der Waals surface area contributed by atoms with Gasteiger partial charge in [0, 0.05) is 6.07 Å². The Balaban J connectivity index is 2.47. The van der Waals surface area contributed by atoms with E-state index in [9.17, 15) is 8.78 Å². The van der Waals surface area contributed by atoms with Gasteiger partial charge in [-0.3, -0.25) is 0 Å². The first kappa shape index (κ1) is 15.1. The molecule has 2 aromatic rings. The summed E-state index contributed by atoms with van der Waals surface area (Å²) in [6, 6.07) is 2.20. The Hall–Kier alpha value is -1.34. The minimum Gasteiger partial charge on any atom is -0.309 e. The van der Waals surface area contributed by atoms with Crippen LogP contribution in [0.2, 0.25) is 0 Å². The summed E-state index contributed by atoms with van der Waals surface area (Å²) < 4.78 is 28.7. The number of hydrogen-bond donors (Lipinski definition) is 1. The normalized spacial score (nSPS) is 12.7. The van der Waals surface area contributed by atoms with Crippen molar-refractivity contribution in [3.63, 3.8) is 0 Å². The Kier molecular flexibility index (Phi) is 4.49. The maximum atomic E-state index is 13.9. The molecule has 1 N–H and O–H groups in total. The summed E-state index contributed by atoms with van der Waals surface area (Å²) in [5, 5.41) is 11.3. The average Bonchev–Trinajstić information content (AvgIpc) is 2.76. The lowest BCUT2D eigenvalue weighted by Gasteiger charge is -2.11. The first-order valence-electron chi connectivity index (χ1n) is 6.26. The number of nitrogens with one attached hydrogen (secondary N) is 1. The topological polar surface area (TPSA) is 42.7 Å². The minimum absolute atomic E-state index is 0.0145. The molecule has 0 spiro atoms. The summed E-state index contributed by atoms with van der Waals surface area (Å²) in [5.74, 6) is -1.33. The second kappa shape index (κ2) is 5.97. The highest BCUT2D eigenvalue weighted by molar-refractivity contribution is 9.10. The van der Waals surface area contributed by atoms with Gasteiger partial charge in [0.1, 0.15) is 17.2 Å². The standard InChI is InChI=1S/C13H15BrF2N4/c1-4-17-7(2)13-8(3)20(19-18-13)12-5-9(14)10(15)6-11(12)16/h5-7,17H,4H2,1-3H3. The fourth-order valence-electron chi connectivity index (χ4n) is 2.05. The number of benzene rings is 1. The van der Waals surface area contributed by atoms with Gasteiger partial charge in [0.05, 0.1) is 16.2 Å². The second-order valence-electron chi connectivity index (χ2n) is 4.47. The predicted molar refractivity (Wildman–Crippen MR) is 75.8 cm³/mol. The molecule has 1 aromatic heterocycles. The van der Waals surface area contributed by atoms with Crippen LogP contribution in [0.3, 0.4) is 0 Å². The van der Waals surface area contributed by atoms with Gasteiger partial charge in [0.2, 0.25) is 0 Å². The SMILES string of the molecule is CCNC(C)c1nnn(-c2cc(Br)c(F)cc2F)c1C. The third-order valence-corrected chi connectivity index (χ3v) is 3.68. The molecule has 0 aliphatic heterocycles. The van der Waals surface area contributed by atoms with E-state index in [1.165, 1.54) is 10.7 Å². The van der Waals surface area contributed by atoms with E-state index in [0.29, 0.717) is 0 Å². The molecule has 0 fully saturated rings. The zero-order valence-electron chi connectivity index (χ0n) is 11.4. The van der Waals surface area contributed by atoms with E-state index in [1.54, 1.807) is 6.92 Å². The van der Waals surface area contributed by atoms with Gasteiger partial charge in [-0.1, -0.05) is 12.1 Å². The Bertz CT molecular complexity index is 627. The molecule has 0 bridgehead atoms. The first-order chi connectivity index (χ1) is 9.45.